The highest BCUT2D eigenvalue weighted by Crippen LogP contribution is 2.50. The molecular weight excluding hydrogens is 601 g/mol. The molecule has 12 aromatic rings. The van der Waals surface area contributed by atoms with E-state index < -0.39 is 0 Å². The minimum Gasteiger partial charge on any atom is -0.456 e. The Kier molecular flexibility index (Phi) is 4.66. The Morgan fingerprint density at radius 1 is 0.388 bits per heavy atom. The van der Waals surface area contributed by atoms with Crippen LogP contribution in [0.5, 0.6) is 0 Å². The molecule has 0 fully saturated rings. The zero-order valence-corrected chi connectivity index (χ0v) is 26.1. The molecule has 0 saturated carbocycles. The Hall–Kier alpha value is -6.72. The third kappa shape index (κ3) is 3.15. The van der Waals surface area contributed by atoms with Gasteiger partial charge in [-0.2, -0.15) is 0 Å². The van der Waals surface area contributed by atoms with Gasteiger partial charge < -0.3 is 8.98 Å². The molecule has 0 radical (unpaired) electrons. The Labute approximate surface area is 278 Å². The predicted molar refractivity (Wildman–Crippen MR) is 201 cm³/mol. The molecule has 5 heteroatoms. The summed E-state index contributed by atoms with van der Waals surface area (Å²) in [5.74, 6) is 0.808. The summed E-state index contributed by atoms with van der Waals surface area (Å²) in [5.41, 5.74) is 11.0. The molecule has 0 N–H and O–H groups in total. The maximum Gasteiger partial charge on any atom is 0.165 e. The monoisotopic (exact) mass is 624 g/mol. The van der Waals surface area contributed by atoms with Crippen LogP contribution in [0.2, 0.25) is 0 Å². The normalized spacial score (nSPS) is 12.5. The van der Waals surface area contributed by atoms with Crippen molar-refractivity contribution >= 4 is 87.4 Å². The molecule has 8 aromatic carbocycles. The number of fused-ring (bicyclic) bond motifs is 2. The van der Waals surface area contributed by atoms with Crippen LogP contribution >= 0.6 is 0 Å². The van der Waals surface area contributed by atoms with Crippen LogP contribution in [0.15, 0.2) is 150 Å². The molecule has 0 bridgehead atoms. The smallest absolute Gasteiger partial charge is 0.165 e. The van der Waals surface area contributed by atoms with Crippen molar-refractivity contribution < 1.29 is 4.42 Å². The van der Waals surface area contributed by atoms with Crippen LogP contribution in [-0.4, -0.2) is 19.1 Å². The van der Waals surface area contributed by atoms with Gasteiger partial charge in [0.05, 0.1) is 33.1 Å². The maximum absolute atomic E-state index is 6.64. The fraction of sp³-hybridized carbons (Fsp3) is 0. The van der Waals surface area contributed by atoms with Crippen LogP contribution in [0.1, 0.15) is 0 Å². The predicted octanol–water partition coefficient (Wildman–Crippen LogP) is 11.4. The van der Waals surface area contributed by atoms with Gasteiger partial charge in [0.1, 0.15) is 16.9 Å². The molecule has 0 atom stereocenters. The summed E-state index contributed by atoms with van der Waals surface area (Å²) in [6, 6.07) is 51.3. The van der Waals surface area contributed by atoms with Crippen molar-refractivity contribution in [2.75, 3.05) is 0 Å². The van der Waals surface area contributed by atoms with E-state index in [0.29, 0.717) is 0 Å². The topological polar surface area (TPSA) is 48.8 Å². The molecule has 0 unspecified atom stereocenters. The van der Waals surface area contributed by atoms with Crippen LogP contribution in [-0.2, 0) is 0 Å². The molecule has 0 aliphatic carbocycles. The van der Waals surface area contributed by atoms with Gasteiger partial charge in [0, 0.05) is 43.6 Å². The van der Waals surface area contributed by atoms with Gasteiger partial charge in [-0.1, -0.05) is 84.9 Å². The van der Waals surface area contributed by atoms with Gasteiger partial charge in [-0.05, 0) is 71.4 Å². The van der Waals surface area contributed by atoms with Crippen LogP contribution < -0.4 is 0 Å². The molecule has 0 saturated heterocycles. The third-order valence-corrected chi connectivity index (χ3v) is 10.4. The summed E-state index contributed by atoms with van der Waals surface area (Å²) >= 11 is 0. The average molecular weight is 625 g/mol. The first kappa shape index (κ1) is 25.4. The lowest BCUT2D eigenvalue weighted by Crippen LogP contribution is -2.03. The van der Waals surface area contributed by atoms with Crippen molar-refractivity contribution in [2.45, 2.75) is 0 Å². The summed E-state index contributed by atoms with van der Waals surface area (Å²) < 4.78 is 11.4. The largest absolute Gasteiger partial charge is 0.456 e. The quantitative estimate of drug-likeness (QED) is 0.196. The highest BCUT2D eigenvalue weighted by atomic mass is 16.3. The first-order valence-electron chi connectivity index (χ1n) is 16.6. The zero-order valence-electron chi connectivity index (χ0n) is 26.1. The number of para-hydroxylation sites is 3. The van der Waals surface area contributed by atoms with Crippen molar-refractivity contribution in [3.63, 3.8) is 0 Å². The van der Waals surface area contributed by atoms with Crippen LogP contribution in [0, 0.1) is 0 Å². The Morgan fingerprint density at radius 3 is 1.76 bits per heavy atom. The standard InChI is InChI=1S/C44H24N4O/c1-3-11-25(12-4-1)43-44(46-30-18-8-7-17-29(30)45-43)48-33-22-21-32-39-37-27(15-9-19-31(37)47(32)26-13-5-2-6-14-26)28-16-10-20-35-38(28)42-36(49-35)24-23-34(48)41(42)40(33)39/h1-24H. The number of benzene rings is 7. The lowest BCUT2D eigenvalue weighted by molar-refractivity contribution is 0.669. The van der Waals surface area contributed by atoms with Crippen molar-refractivity contribution in [1.82, 2.24) is 19.1 Å². The molecule has 4 aromatic heterocycles. The van der Waals surface area contributed by atoms with Crippen LogP contribution in [0.4, 0.5) is 0 Å². The van der Waals surface area contributed by atoms with Crippen molar-refractivity contribution in [3.8, 4) is 22.8 Å². The second-order valence-electron chi connectivity index (χ2n) is 12.9. The van der Waals surface area contributed by atoms with Gasteiger partial charge >= 0.3 is 0 Å². The van der Waals surface area contributed by atoms with Gasteiger partial charge in [-0.25, -0.2) is 9.97 Å². The Morgan fingerprint density at radius 2 is 0.959 bits per heavy atom. The van der Waals surface area contributed by atoms with Gasteiger partial charge in [-0.15, -0.1) is 0 Å². The Balaban J connectivity index is 1.39. The molecule has 12 rings (SSSR count). The van der Waals surface area contributed by atoms with Gasteiger partial charge in [0.15, 0.2) is 5.82 Å². The lowest BCUT2D eigenvalue weighted by atomic mass is 9.95. The number of hydrogen-bond acceptors (Lipinski definition) is 3. The van der Waals surface area contributed by atoms with Crippen molar-refractivity contribution in [3.05, 3.63) is 146 Å². The number of hydrogen-bond donors (Lipinski definition) is 0. The van der Waals surface area contributed by atoms with E-state index in [-0.39, 0.29) is 0 Å². The molecule has 0 aliphatic rings. The fourth-order valence-corrected chi connectivity index (χ4v) is 8.51. The lowest BCUT2D eigenvalue weighted by Gasteiger charge is -2.14. The molecule has 5 nitrogen and oxygen atoms in total. The SMILES string of the molecule is c1ccc(-c2nc3ccccc3nc2-n2c3ccc4oc5cccc6c7cccc8c7c7c(c3c4c56)c2ccc7n8-c2ccccc2)cc1. The molecule has 0 spiro atoms. The second kappa shape index (κ2) is 9.00. The van der Waals surface area contributed by atoms with Crippen LogP contribution in [0.25, 0.3) is 110 Å². The van der Waals surface area contributed by atoms with E-state index in [0.717, 1.165) is 66.8 Å². The average Bonchev–Trinajstić information content (AvgIpc) is 3.81. The molecule has 0 aliphatic heterocycles. The molecule has 4 heterocycles. The van der Waals surface area contributed by atoms with E-state index in [4.69, 9.17) is 14.4 Å². The van der Waals surface area contributed by atoms with Gasteiger partial charge in [0.25, 0.3) is 0 Å². The maximum atomic E-state index is 6.64. The minimum atomic E-state index is 0.808. The van der Waals surface area contributed by atoms with E-state index in [9.17, 15) is 0 Å². The zero-order chi connectivity index (χ0) is 31.8. The number of nitrogens with zero attached hydrogens (tertiary/aromatic N) is 4. The molecular formula is C44H24N4O. The first-order chi connectivity index (χ1) is 24.3. The minimum absolute atomic E-state index is 0.808. The van der Waals surface area contributed by atoms with Crippen molar-refractivity contribution in [1.29, 1.82) is 0 Å². The first-order valence-corrected chi connectivity index (χ1v) is 16.6. The highest BCUT2D eigenvalue weighted by molar-refractivity contribution is 6.42. The van der Waals surface area contributed by atoms with Crippen molar-refractivity contribution in [2.24, 2.45) is 0 Å². The summed E-state index contributed by atoms with van der Waals surface area (Å²) in [7, 11) is 0. The van der Waals surface area contributed by atoms with E-state index in [1.165, 1.54) is 43.4 Å². The van der Waals surface area contributed by atoms with E-state index in [1.807, 2.05) is 24.3 Å². The molecule has 0 amide bonds. The number of rotatable bonds is 3. The second-order valence-corrected chi connectivity index (χ2v) is 12.9. The summed E-state index contributed by atoms with van der Waals surface area (Å²) in [4.78, 5) is 10.7. The number of aromatic nitrogens is 4. The Bertz CT molecular complexity index is 3260. The molecule has 49 heavy (non-hydrogen) atoms. The third-order valence-electron chi connectivity index (χ3n) is 10.4. The summed E-state index contributed by atoms with van der Waals surface area (Å²) in [6.45, 7) is 0. The molecule has 226 valence electrons. The summed E-state index contributed by atoms with van der Waals surface area (Å²) in [5, 5.41) is 9.56. The van der Waals surface area contributed by atoms with E-state index in [1.54, 1.807) is 0 Å². The number of furan rings is 1. The van der Waals surface area contributed by atoms with Gasteiger partial charge in [0.2, 0.25) is 0 Å². The van der Waals surface area contributed by atoms with E-state index >= 15 is 0 Å². The fourth-order valence-electron chi connectivity index (χ4n) is 8.51. The van der Waals surface area contributed by atoms with E-state index in [2.05, 4.69) is 130 Å². The summed E-state index contributed by atoms with van der Waals surface area (Å²) in [6.07, 6.45) is 0. The highest BCUT2D eigenvalue weighted by Gasteiger charge is 2.28. The van der Waals surface area contributed by atoms with Gasteiger partial charge in [-0.3, -0.25) is 4.57 Å². The van der Waals surface area contributed by atoms with Crippen LogP contribution in [0.3, 0.4) is 0 Å².